The number of alkyl halides is 3. The van der Waals surface area contributed by atoms with Gasteiger partial charge in [0.2, 0.25) is 0 Å². The van der Waals surface area contributed by atoms with Gasteiger partial charge in [0, 0.05) is 17.3 Å². The number of carbonyl (C=O) groups excluding carboxylic acids is 2. The van der Waals surface area contributed by atoms with Crippen molar-refractivity contribution in [1.82, 2.24) is 14.9 Å². The first-order valence-electron chi connectivity index (χ1n) is 15.3. The molecule has 1 saturated carbocycles. The molecule has 0 N–H and O–H groups in total. The summed E-state index contributed by atoms with van der Waals surface area (Å²) >= 11 is 1.35. The number of hydrogen-bond donors (Lipinski definition) is 0. The van der Waals surface area contributed by atoms with Crippen LogP contribution < -0.4 is 4.74 Å². The van der Waals surface area contributed by atoms with Gasteiger partial charge < -0.3 is 14.2 Å². The first-order chi connectivity index (χ1) is 22.9. The Morgan fingerprint density at radius 3 is 2.44 bits per heavy atom. The molecular formula is C36H34F3N3O5S. The Labute approximate surface area is 280 Å². The molecule has 1 atom stereocenters. The number of thioether (sulfide) groups is 1. The van der Waals surface area contributed by atoms with Gasteiger partial charge in [-0.1, -0.05) is 35.5 Å². The molecule has 0 bridgehead atoms. The summed E-state index contributed by atoms with van der Waals surface area (Å²) in [5, 5.41) is 0.499. The summed E-state index contributed by atoms with van der Waals surface area (Å²) in [5.41, 5.74) is 4.11. The zero-order chi connectivity index (χ0) is 34.4. The van der Waals surface area contributed by atoms with Gasteiger partial charge in [-0.3, -0.25) is 4.90 Å². The van der Waals surface area contributed by atoms with Crippen molar-refractivity contribution >= 4 is 23.8 Å². The molecule has 2 fully saturated rings. The number of rotatable bonds is 8. The van der Waals surface area contributed by atoms with Crippen molar-refractivity contribution in [2.24, 2.45) is 0 Å². The molecule has 8 nitrogen and oxygen atoms in total. The number of amides is 1. The zero-order valence-electron chi connectivity index (χ0n) is 27.1. The van der Waals surface area contributed by atoms with E-state index in [1.54, 1.807) is 43.3 Å². The molecule has 0 radical (unpaired) electrons. The van der Waals surface area contributed by atoms with Crippen LogP contribution in [-0.2, 0) is 22.2 Å². The van der Waals surface area contributed by atoms with Crippen molar-refractivity contribution in [1.29, 1.82) is 0 Å². The Bertz CT molecular complexity index is 1910. The SMILES string of the molecule is COC(=O)c1ccc(-c2ccc(OC)c(-c3cnc(SC)nc3CN3C(=O)O[C@@H](c4cc(C)cc(C(F)(F)F)c4)C34CCC4)c2)c(C)c1. The number of benzene rings is 3. The average molecular weight is 678 g/mol. The molecule has 0 unspecified atom stereocenters. The average Bonchev–Trinajstić information content (AvgIpc) is 3.35. The number of carbonyl (C=O) groups is 2. The fraction of sp³-hybridized carbons (Fsp3) is 0.333. The number of methoxy groups -OCH3 is 2. The summed E-state index contributed by atoms with van der Waals surface area (Å²) in [6, 6.07) is 14.9. The number of esters is 1. The lowest BCUT2D eigenvalue weighted by Crippen LogP contribution is -2.53. The summed E-state index contributed by atoms with van der Waals surface area (Å²) in [4.78, 5) is 36.7. The van der Waals surface area contributed by atoms with Crippen molar-refractivity contribution < 1.29 is 37.0 Å². The van der Waals surface area contributed by atoms with E-state index in [2.05, 4.69) is 4.98 Å². The Kier molecular flexibility index (Phi) is 8.88. The van der Waals surface area contributed by atoms with Crippen LogP contribution >= 0.6 is 11.8 Å². The number of halogens is 3. The van der Waals surface area contributed by atoms with E-state index < -0.39 is 35.4 Å². The van der Waals surface area contributed by atoms with Gasteiger partial charge in [0.05, 0.1) is 43.1 Å². The molecule has 6 rings (SSSR count). The third kappa shape index (κ3) is 5.98. The highest BCUT2D eigenvalue weighted by molar-refractivity contribution is 7.98. The van der Waals surface area contributed by atoms with Crippen molar-refractivity contribution in [3.8, 4) is 28.0 Å². The molecule has 1 aromatic heterocycles. The van der Waals surface area contributed by atoms with Crippen LogP contribution in [0.4, 0.5) is 18.0 Å². The van der Waals surface area contributed by atoms with Crippen LogP contribution in [0.25, 0.3) is 22.3 Å². The Morgan fingerprint density at radius 1 is 1.04 bits per heavy atom. The second kappa shape index (κ2) is 12.8. The third-order valence-corrected chi connectivity index (χ3v) is 9.76. The zero-order valence-corrected chi connectivity index (χ0v) is 27.9. The first kappa shape index (κ1) is 33.3. The minimum Gasteiger partial charge on any atom is -0.496 e. The van der Waals surface area contributed by atoms with Gasteiger partial charge in [-0.05, 0) is 98.0 Å². The lowest BCUT2D eigenvalue weighted by Gasteiger charge is -2.46. The first-order valence-corrected chi connectivity index (χ1v) is 16.6. The molecule has 3 aromatic carbocycles. The normalized spacial score (nSPS) is 16.9. The van der Waals surface area contributed by atoms with E-state index in [0.717, 1.165) is 35.2 Å². The van der Waals surface area contributed by atoms with Gasteiger partial charge in [-0.2, -0.15) is 13.2 Å². The number of aryl methyl sites for hydroxylation is 2. The quantitative estimate of drug-likeness (QED) is 0.104. The van der Waals surface area contributed by atoms with Gasteiger partial charge in [-0.25, -0.2) is 19.6 Å². The fourth-order valence-electron chi connectivity index (χ4n) is 6.71. The van der Waals surface area contributed by atoms with E-state index >= 15 is 0 Å². The molecule has 48 heavy (non-hydrogen) atoms. The molecule has 250 valence electrons. The topological polar surface area (TPSA) is 90.9 Å². The van der Waals surface area contributed by atoms with Gasteiger partial charge >= 0.3 is 18.2 Å². The largest absolute Gasteiger partial charge is 0.496 e. The number of cyclic esters (lactones) is 1. The Balaban J connectivity index is 1.41. The van der Waals surface area contributed by atoms with Gasteiger partial charge in [0.1, 0.15) is 5.75 Å². The monoisotopic (exact) mass is 677 g/mol. The molecule has 1 spiro atoms. The van der Waals surface area contributed by atoms with Crippen LogP contribution in [0.15, 0.2) is 66.0 Å². The van der Waals surface area contributed by atoms with Crippen molar-refractivity contribution in [3.63, 3.8) is 0 Å². The third-order valence-electron chi connectivity index (χ3n) is 9.20. The predicted molar refractivity (Wildman–Crippen MR) is 175 cm³/mol. The maximum absolute atomic E-state index is 13.8. The van der Waals surface area contributed by atoms with Crippen LogP contribution in [0.5, 0.6) is 5.75 Å². The summed E-state index contributed by atoms with van der Waals surface area (Å²) in [6.45, 7) is 3.57. The molecule has 2 aliphatic rings. The highest BCUT2D eigenvalue weighted by Gasteiger charge is 2.59. The van der Waals surface area contributed by atoms with Gasteiger partial charge in [0.15, 0.2) is 11.3 Å². The van der Waals surface area contributed by atoms with E-state index in [0.29, 0.717) is 57.3 Å². The Hall–Kier alpha value is -4.58. The van der Waals surface area contributed by atoms with Crippen LogP contribution in [0.1, 0.15) is 63.7 Å². The minimum absolute atomic E-state index is 0.0545. The van der Waals surface area contributed by atoms with Gasteiger partial charge in [0.25, 0.3) is 0 Å². The highest BCUT2D eigenvalue weighted by Crippen LogP contribution is 2.54. The number of nitrogens with zero attached hydrogens (tertiary/aromatic N) is 3. The number of hydrogen-bond acceptors (Lipinski definition) is 8. The van der Waals surface area contributed by atoms with E-state index in [-0.39, 0.29) is 6.54 Å². The lowest BCUT2D eigenvalue weighted by atomic mass is 9.70. The molecule has 4 aromatic rings. The maximum atomic E-state index is 13.8. The lowest BCUT2D eigenvalue weighted by molar-refractivity contribution is -0.137. The van der Waals surface area contributed by atoms with E-state index in [9.17, 15) is 22.8 Å². The van der Waals surface area contributed by atoms with Crippen LogP contribution in [-0.4, -0.2) is 52.9 Å². The summed E-state index contributed by atoms with van der Waals surface area (Å²) < 4.78 is 57.8. The summed E-state index contributed by atoms with van der Waals surface area (Å²) in [6.07, 6.45) is -0.489. The molecule has 1 saturated heterocycles. The van der Waals surface area contributed by atoms with Crippen LogP contribution in [0.2, 0.25) is 0 Å². The number of ether oxygens (including phenoxy) is 3. The van der Waals surface area contributed by atoms with E-state index in [1.165, 1.54) is 18.9 Å². The van der Waals surface area contributed by atoms with Crippen molar-refractivity contribution in [3.05, 3.63) is 94.3 Å². The minimum atomic E-state index is -4.53. The molecule has 1 amide bonds. The van der Waals surface area contributed by atoms with E-state index in [1.807, 2.05) is 37.4 Å². The summed E-state index contributed by atoms with van der Waals surface area (Å²) in [5.74, 6) is 0.134. The fourth-order valence-corrected chi connectivity index (χ4v) is 7.07. The van der Waals surface area contributed by atoms with Gasteiger partial charge in [-0.15, -0.1) is 0 Å². The van der Waals surface area contributed by atoms with Crippen LogP contribution in [0.3, 0.4) is 0 Å². The molecule has 1 aliphatic carbocycles. The maximum Gasteiger partial charge on any atom is 0.416 e. The predicted octanol–water partition coefficient (Wildman–Crippen LogP) is 8.58. The smallest absolute Gasteiger partial charge is 0.416 e. The number of aromatic nitrogens is 2. The van der Waals surface area contributed by atoms with E-state index in [4.69, 9.17) is 19.2 Å². The molecule has 2 heterocycles. The molecule has 1 aliphatic heterocycles. The Morgan fingerprint density at radius 2 is 1.81 bits per heavy atom. The highest BCUT2D eigenvalue weighted by atomic mass is 32.2. The second-order valence-corrected chi connectivity index (χ2v) is 12.9. The molecular weight excluding hydrogens is 643 g/mol. The van der Waals surface area contributed by atoms with Crippen molar-refractivity contribution in [2.45, 2.75) is 62.6 Å². The summed E-state index contributed by atoms with van der Waals surface area (Å²) in [7, 11) is 2.90. The standard InChI is InChI=1S/C36H34F3N3O5S/c1-20-13-24(16-25(14-20)36(37,38)39)31-35(11-6-12-35)42(34(44)47-31)19-29-28(18-40-33(41-29)48-5)27-17-22(8-10-30(27)45-3)26-9-7-23(15-21(26)2)32(43)46-4/h7-10,13-18,31H,6,11-12,19H2,1-5H3/t31-/m0/s1. The molecule has 12 heteroatoms. The van der Waals surface area contributed by atoms with Crippen molar-refractivity contribution in [2.75, 3.05) is 20.5 Å². The second-order valence-electron chi connectivity index (χ2n) is 12.1. The van der Waals surface area contributed by atoms with Crippen LogP contribution in [0, 0.1) is 13.8 Å².